The molecule has 1 aromatic heterocycles. The first-order chi connectivity index (χ1) is 13.6. The average molecular weight is 459 g/mol. The highest BCUT2D eigenvalue weighted by molar-refractivity contribution is 6.01. The molecule has 31 heavy (non-hydrogen) atoms. The fourth-order valence-electron chi connectivity index (χ4n) is 2.51. The molecule has 0 bridgehead atoms. The van der Waals surface area contributed by atoms with Gasteiger partial charge in [-0.1, -0.05) is 0 Å². The Morgan fingerprint density at radius 2 is 1.03 bits per heavy atom. The maximum absolute atomic E-state index is 12.5. The summed E-state index contributed by atoms with van der Waals surface area (Å²) in [5, 5.41) is 0. The van der Waals surface area contributed by atoms with Crippen molar-refractivity contribution >= 4 is 23.6 Å². The second-order valence-electron chi connectivity index (χ2n) is 9.16. The van der Waals surface area contributed by atoms with E-state index in [1.807, 2.05) is 42.3 Å². The Morgan fingerprint density at radius 1 is 0.710 bits per heavy atom. The van der Waals surface area contributed by atoms with Gasteiger partial charge in [-0.25, -0.2) is 0 Å². The molecule has 11 nitrogen and oxygen atoms in total. The van der Waals surface area contributed by atoms with Crippen LogP contribution in [-0.4, -0.2) is 93.0 Å². The van der Waals surface area contributed by atoms with Crippen LogP contribution in [0.1, 0.15) is 32.1 Å². The molecule has 12 heteroatoms. The molecule has 0 atom stereocenters. The zero-order valence-electron chi connectivity index (χ0n) is 19.3. The minimum Gasteiger partial charge on any atom is -1.00 e. The third-order valence-electron chi connectivity index (χ3n) is 3.76. The molecule has 0 radical (unpaired) electrons. The molecule has 0 fully saturated rings. The van der Waals surface area contributed by atoms with E-state index in [4.69, 9.17) is 0 Å². The molecule has 0 spiro atoms. The van der Waals surface area contributed by atoms with Crippen LogP contribution in [0.4, 0.5) is 0 Å². The standard InChI is InChI=1S/C19H31N7O4.ClH/c1-12-14(18(29)23-21-16(27)10-25(3,4)5)9-15(13(2)20-12)19(30)24-22-17(28)11-26(6,7)8;/h9H,10-11H2,1-8H3,(H2-2,21,22,23,24,27,28,29,30);1H/p+1. The van der Waals surface area contributed by atoms with E-state index in [9.17, 15) is 19.2 Å². The number of carbonyl (C=O) groups excluding carboxylic acids is 4. The average Bonchev–Trinajstić information content (AvgIpc) is 2.54. The molecule has 0 saturated carbocycles. The van der Waals surface area contributed by atoms with E-state index in [-0.39, 0.29) is 48.4 Å². The van der Waals surface area contributed by atoms with Crippen molar-refractivity contribution in [3.8, 4) is 0 Å². The maximum Gasteiger partial charge on any atom is 0.293 e. The summed E-state index contributed by atoms with van der Waals surface area (Å²) in [6.45, 7) is 3.60. The molecule has 4 amide bonds. The molecule has 0 aliphatic heterocycles. The first-order valence-corrected chi connectivity index (χ1v) is 9.36. The Balaban J connectivity index is 0.00000900. The van der Waals surface area contributed by atoms with Crippen LogP contribution in [0, 0.1) is 13.8 Å². The van der Waals surface area contributed by atoms with Gasteiger partial charge in [-0.15, -0.1) is 0 Å². The molecule has 4 N–H and O–H groups in total. The third kappa shape index (κ3) is 10.2. The van der Waals surface area contributed by atoms with E-state index < -0.39 is 11.8 Å². The fraction of sp³-hybridized carbons (Fsp3) is 0.526. The van der Waals surface area contributed by atoms with Crippen molar-refractivity contribution in [3.05, 3.63) is 28.6 Å². The lowest BCUT2D eigenvalue weighted by Crippen LogP contribution is -3.00. The second-order valence-corrected chi connectivity index (χ2v) is 9.16. The van der Waals surface area contributed by atoms with Gasteiger partial charge in [-0.3, -0.25) is 45.9 Å². The molecule has 1 heterocycles. The van der Waals surface area contributed by atoms with Crippen LogP contribution in [0.25, 0.3) is 0 Å². The quantitative estimate of drug-likeness (QED) is 0.253. The molecule has 0 aromatic carbocycles. The lowest BCUT2D eigenvalue weighted by Gasteiger charge is -2.23. The van der Waals surface area contributed by atoms with E-state index in [0.29, 0.717) is 20.4 Å². The van der Waals surface area contributed by atoms with Gasteiger partial charge in [-0.2, -0.15) is 0 Å². The molecule has 0 aliphatic carbocycles. The van der Waals surface area contributed by atoms with Crippen LogP contribution >= 0.6 is 0 Å². The van der Waals surface area contributed by atoms with E-state index in [0.717, 1.165) is 0 Å². The number of aromatic nitrogens is 1. The van der Waals surface area contributed by atoms with Gasteiger partial charge in [0, 0.05) is 0 Å². The fourth-order valence-corrected chi connectivity index (χ4v) is 2.51. The summed E-state index contributed by atoms with van der Waals surface area (Å²) < 4.78 is 0.800. The molecule has 0 saturated heterocycles. The number of hydrazine groups is 2. The lowest BCUT2D eigenvalue weighted by atomic mass is 10.1. The maximum atomic E-state index is 12.5. The van der Waals surface area contributed by atoms with Crippen molar-refractivity contribution in [1.82, 2.24) is 26.7 Å². The van der Waals surface area contributed by atoms with E-state index in [2.05, 4.69) is 26.7 Å². The normalized spacial score (nSPS) is 11.1. The number of amides is 4. The first-order valence-electron chi connectivity index (χ1n) is 9.36. The zero-order valence-corrected chi connectivity index (χ0v) is 20.1. The number of halogens is 1. The Kier molecular flexibility index (Phi) is 10.0. The van der Waals surface area contributed by atoms with E-state index in [1.165, 1.54) is 6.07 Å². The topological polar surface area (TPSA) is 129 Å². The number of rotatable bonds is 6. The predicted molar refractivity (Wildman–Crippen MR) is 111 cm³/mol. The highest BCUT2D eigenvalue weighted by Crippen LogP contribution is 2.12. The van der Waals surface area contributed by atoms with Crippen LogP contribution in [0.5, 0.6) is 0 Å². The molecule has 0 unspecified atom stereocenters. The van der Waals surface area contributed by atoms with Crippen molar-refractivity contribution in [2.45, 2.75) is 13.8 Å². The van der Waals surface area contributed by atoms with Crippen molar-refractivity contribution in [3.63, 3.8) is 0 Å². The Bertz CT molecular complexity index is 780. The van der Waals surface area contributed by atoms with Gasteiger partial charge < -0.3 is 21.4 Å². The molecule has 1 rings (SSSR count). The molecule has 0 aliphatic rings. The second kappa shape index (κ2) is 11.0. The van der Waals surface area contributed by atoms with Gasteiger partial charge in [0.05, 0.1) is 64.8 Å². The number of likely N-dealkylation sites (N-methyl/N-ethyl adjacent to an activating group) is 2. The van der Waals surface area contributed by atoms with Crippen LogP contribution in [0.3, 0.4) is 0 Å². The zero-order chi connectivity index (χ0) is 23.3. The van der Waals surface area contributed by atoms with E-state index in [1.54, 1.807) is 13.8 Å². The van der Waals surface area contributed by atoms with Gasteiger partial charge in [0.2, 0.25) is 0 Å². The van der Waals surface area contributed by atoms with Gasteiger partial charge in [0.15, 0.2) is 13.1 Å². The predicted octanol–water partition coefficient (Wildman–Crippen LogP) is -4.36. The highest BCUT2D eigenvalue weighted by atomic mass is 35.5. The monoisotopic (exact) mass is 458 g/mol. The Hall–Kier alpha value is -2.76. The van der Waals surface area contributed by atoms with Crippen molar-refractivity contribution < 1.29 is 40.6 Å². The minimum atomic E-state index is -0.599. The van der Waals surface area contributed by atoms with Crippen LogP contribution in [-0.2, 0) is 9.59 Å². The smallest absolute Gasteiger partial charge is 0.293 e. The van der Waals surface area contributed by atoms with E-state index >= 15 is 0 Å². The number of nitrogens with one attached hydrogen (secondary N) is 4. The number of carbonyl (C=O) groups is 4. The summed E-state index contributed by atoms with van der Waals surface area (Å²) >= 11 is 0. The van der Waals surface area contributed by atoms with Crippen molar-refractivity contribution in [2.75, 3.05) is 55.4 Å². The highest BCUT2D eigenvalue weighted by Gasteiger charge is 2.20. The largest absolute Gasteiger partial charge is 1.00 e. The third-order valence-corrected chi connectivity index (χ3v) is 3.76. The summed E-state index contributed by atoms with van der Waals surface area (Å²) in [6, 6.07) is 1.38. The van der Waals surface area contributed by atoms with Crippen LogP contribution < -0.4 is 34.1 Å². The van der Waals surface area contributed by atoms with Crippen LogP contribution in [0.2, 0.25) is 0 Å². The van der Waals surface area contributed by atoms with Crippen molar-refractivity contribution in [1.29, 1.82) is 0 Å². The minimum absolute atomic E-state index is 0. The SMILES string of the molecule is Cc1nc(C)c(C(=O)NNC(=O)C[N+](C)(C)C)cc1C(=O)NNC(=O)C[N+](C)(C)C.[Cl-]. The summed E-state index contributed by atoms with van der Waals surface area (Å²) in [5.41, 5.74) is 10.4. The summed E-state index contributed by atoms with van der Waals surface area (Å²) in [4.78, 5) is 53.0. The number of pyridine rings is 1. The summed E-state index contributed by atoms with van der Waals surface area (Å²) in [6.07, 6.45) is 0. The number of nitrogens with zero attached hydrogens (tertiary/aromatic N) is 3. The van der Waals surface area contributed by atoms with Crippen molar-refractivity contribution in [2.24, 2.45) is 0 Å². The summed E-state index contributed by atoms with van der Waals surface area (Å²) in [7, 11) is 11.1. The van der Waals surface area contributed by atoms with Gasteiger partial charge >= 0.3 is 0 Å². The number of hydrogen-bond donors (Lipinski definition) is 4. The number of hydrogen-bond acceptors (Lipinski definition) is 5. The number of aryl methyl sites for hydroxylation is 2. The Labute approximate surface area is 189 Å². The molecular formula is C19H33ClN7O4+. The molecule has 174 valence electrons. The van der Waals surface area contributed by atoms with Gasteiger partial charge in [-0.05, 0) is 19.9 Å². The first kappa shape index (κ1) is 28.2. The lowest BCUT2D eigenvalue weighted by molar-refractivity contribution is -0.862. The van der Waals surface area contributed by atoms with Gasteiger partial charge in [0.1, 0.15) is 0 Å². The number of quaternary nitrogens is 2. The molecule has 1 aromatic rings. The summed E-state index contributed by atoms with van der Waals surface area (Å²) in [5.74, 6) is -1.91. The van der Waals surface area contributed by atoms with Gasteiger partial charge in [0.25, 0.3) is 23.6 Å². The Morgan fingerprint density at radius 3 is 1.32 bits per heavy atom. The molecular weight excluding hydrogens is 426 g/mol. The van der Waals surface area contributed by atoms with Crippen LogP contribution in [0.15, 0.2) is 6.07 Å².